The van der Waals surface area contributed by atoms with Crippen LogP contribution in [0.3, 0.4) is 0 Å². The van der Waals surface area contributed by atoms with Gasteiger partial charge in [-0.25, -0.2) is 9.48 Å². The van der Waals surface area contributed by atoms with Crippen LogP contribution < -0.4 is 0 Å². The maximum Gasteiger partial charge on any atom is 0.360 e. The molecular weight excluding hydrogens is 272 g/mol. The SMILES string of the molecule is COCCOC(=O)c1nnn(Cc2cncc(C)c2)c1C. The van der Waals surface area contributed by atoms with Crippen molar-refractivity contribution >= 4 is 5.97 Å². The largest absolute Gasteiger partial charge is 0.458 e. The quantitative estimate of drug-likeness (QED) is 0.586. The summed E-state index contributed by atoms with van der Waals surface area (Å²) >= 11 is 0. The maximum atomic E-state index is 11.9. The van der Waals surface area contributed by atoms with Crippen molar-refractivity contribution in [3.8, 4) is 0 Å². The van der Waals surface area contributed by atoms with Crippen LogP contribution in [-0.2, 0) is 16.0 Å². The third kappa shape index (κ3) is 3.85. The van der Waals surface area contributed by atoms with Crippen LogP contribution in [0.1, 0.15) is 27.3 Å². The third-order valence-corrected chi connectivity index (χ3v) is 2.96. The van der Waals surface area contributed by atoms with E-state index in [-0.39, 0.29) is 12.3 Å². The van der Waals surface area contributed by atoms with E-state index in [2.05, 4.69) is 15.3 Å². The van der Waals surface area contributed by atoms with Gasteiger partial charge in [-0.05, 0) is 25.0 Å². The summed E-state index contributed by atoms with van der Waals surface area (Å²) in [5, 5.41) is 7.89. The molecule has 0 spiro atoms. The molecule has 0 saturated heterocycles. The molecule has 0 saturated carbocycles. The second-order valence-electron chi connectivity index (χ2n) is 4.68. The highest BCUT2D eigenvalue weighted by Crippen LogP contribution is 2.09. The molecule has 112 valence electrons. The summed E-state index contributed by atoms with van der Waals surface area (Å²) in [6.07, 6.45) is 3.56. The molecule has 0 aliphatic carbocycles. The Balaban J connectivity index is 2.08. The van der Waals surface area contributed by atoms with E-state index in [1.165, 1.54) is 0 Å². The zero-order chi connectivity index (χ0) is 15.2. The molecule has 0 aliphatic heterocycles. The summed E-state index contributed by atoms with van der Waals surface area (Å²) in [5.41, 5.74) is 2.97. The van der Waals surface area contributed by atoms with Gasteiger partial charge >= 0.3 is 5.97 Å². The van der Waals surface area contributed by atoms with Crippen LogP contribution in [0, 0.1) is 13.8 Å². The molecule has 21 heavy (non-hydrogen) atoms. The summed E-state index contributed by atoms with van der Waals surface area (Å²) in [6, 6.07) is 2.02. The number of carbonyl (C=O) groups is 1. The molecular formula is C14H18N4O3. The highest BCUT2D eigenvalue weighted by atomic mass is 16.6. The zero-order valence-electron chi connectivity index (χ0n) is 12.4. The first-order valence-corrected chi connectivity index (χ1v) is 6.58. The number of hydrogen-bond donors (Lipinski definition) is 0. The topological polar surface area (TPSA) is 79.1 Å². The van der Waals surface area contributed by atoms with Crippen molar-refractivity contribution in [2.24, 2.45) is 0 Å². The van der Waals surface area contributed by atoms with E-state index in [9.17, 15) is 4.79 Å². The molecule has 0 amide bonds. The Bertz CT molecular complexity index is 624. The van der Waals surface area contributed by atoms with E-state index in [0.717, 1.165) is 11.1 Å². The molecule has 2 aromatic heterocycles. The Labute approximate surface area is 122 Å². The van der Waals surface area contributed by atoms with Crippen molar-refractivity contribution in [2.45, 2.75) is 20.4 Å². The Kier molecular flexibility index (Phi) is 4.99. The molecule has 7 heteroatoms. The molecule has 0 N–H and O–H groups in total. The van der Waals surface area contributed by atoms with Crippen LogP contribution in [0.2, 0.25) is 0 Å². The van der Waals surface area contributed by atoms with Crippen molar-refractivity contribution in [1.29, 1.82) is 0 Å². The van der Waals surface area contributed by atoms with Gasteiger partial charge in [0.2, 0.25) is 0 Å². The van der Waals surface area contributed by atoms with Crippen LogP contribution in [0.25, 0.3) is 0 Å². The van der Waals surface area contributed by atoms with Crippen molar-refractivity contribution < 1.29 is 14.3 Å². The second kappa shape index (κ2) is 6.94. The van der Waals surface area contributed by atoms with Crippen LogP contribution in [0.15, 0.2) is 18.5 Å². The molecule has 0 unspecified atom stereocenters. The molecule has 0 radical (unpaired) electrons. The number of nitrogens with zero attached hydrogens (tertiary/aromatic N) is 4. The van der Waals surface area contributed by atoms with Gasteiger partial charge in [0.05, 0.1) is 18.8 Å². The second-order valence-corrected chi connectivity index (χ2v) is 4.68. The van der Waals surface area contributed by atoms with Gasteiger partial charge in [-0.2, -0.15) is 0 Å². The lowest BCUT2D eigenvalue weighted by Crippen LogP contribution is -2.12. The van der Waals surface area contributed by atoms with E-state index in [1.807, 2.05) is 13.0 Å². The van der Waals surface area contributed by atoms with Crippen molar-refractivity contribution in [2.75, 3.05) is 20.3 Å². The summed E-state index contributed by atoms with van der Waals surface area (Å²) in [5.74, 6) is -0.488. The predicted molar refractivity (Wildman–Crippen MR) is 75.0 cm³/mol. The minimum Gasteiger partial charge on any atom is -0.458 e. The van der Waals surface area contributed by atoms with Gasteiger partial charge in [0, 0.05) is 19.5 Å². The van der Waals surface area contributed by atoms with Gasteiger partial charge in [0.25, 0.3) is 0 Å². The maximum absolute atomic E-state index is 11.9. The number of methoxy groups -OCH3 is 1. The molecule has 2 aromatic rings. The minimum absolute atomic E-state index is 0.198. The first-order valence-electron chi connectivity index (χ1n) is 6.58. The van der Waals surface area contributed by atoms with Gasteiger partial charge in [-0.3, -0.25) is 4.98 Å². The number of rotatable bonds is 6. The first kappa shape index (κ1) is 15.1. The number of carbonyl (C=O) groups excluding carboxylic acids is 1. The Hall–Kier alpha value is -2.28. The van der Waals surface area contributed by atoms with Gasteiger partial charge in [0.15, 0.2) is 5.69 Å². The number of aromatic nitrogens is 4. The van der Waals surface area contributed by atoms with Crippen LogP contribution in [0.5, 0.6) is 0 Å². The molecule has 2 rings (SSSR count). The van der Waals surface area contributed by atoms with Gasteiger partial charge < -0.3 is 9.47 Å². The van der Waals surface area contributed by atoms with E-state index in [0.29, 0.717) is 18.8 Å². The predicted octanol–water partition coefficient (Wildman–Crippen LogP) is 1.14. The average molecular weight is 290 g/mol. The molecule has 7 nitrogen and oxygen atoms in total. The number of ether oxygens (including phenoxy) is 2. The molecule has 0 aromatic carbocycles. The van der Waals surface area contributed by atoms with E-state index < -0.39 is 5.97 Å². The summed E-state index contributed by atoms with van der Waals surface area (Å²) in [6.45, 7) is 4.83. The van der Waals surface area contributed by atoms with Gasteiger partial charge in [-0.15, -0.1) is 5.10 Å². The number of esters is 1. The van der Waals surface area contributed by atoms with Crippen molar-refractivity contribution in [3.63, 3.8) is 0 Å². The molecule has 0 aliphatic rings. The molecule has 0 fully saturated rings. The Morgan fingerprint density at radius 3 is 2.81 bits per heavy atom. The molecule has 0 bridgehead atoms. The summed E-state index contributed by atoms with van der Waals surface area (Å²) in [7, 11) is 1.55. The Morgan fingerprint density at radius 2 is 2.10 bits per heavy atom. The van der Waals surface area contributed by atoms with Crippen molar-refractivity contribution in [1.82, 2.24) is 20.0 Å². The zero-order valence-corrected chi connectivity index (χ0v) is 12.4. The van der Waals surface area contributed by atoms with Gasteiger partial charge in [0.1, 0.15) is 6.61 Å². The lowest BCUT2D eigenvalue weighted by atomic mass is 10.2. The number of pyridine rings is 1. The standard InChI is InChI=1S/C14H18N4O3/c1-10-6-12(8-15-7-10)9-18-11(2)13(16-17-18)14(19)21-5-4-20-3/h6-8H,4-5,9H2,1-3H3. The lowest BCUT2D eigenvalue weighted by Gasteiger charge is -2.05. The van der Waals surface area contributed by atoms with Crippen LogP contribution in [-0.4, -0.2) is 46.3 Å². The van der Waals surface area contributed by atoms with Crippen LogP contribution >= 0.6 is 0 Å². The number of aryl methyl sites for hydroxylation is 1. The molecule has 2 heterocycles. The van der Waals surface area contributed by atoms with Gasteiger partial charge in [-0.1, -0.05) is 11.3 Å². The van der Waals surface area contributed by atoms with Crippen LogP contribution in [0.4, 0.5) is 0 Å². The highest BCUT2D eigenvalue weighted by Gasteiger charge is 2.17. The number of hydrogen-bond acceptors (Lipinski definition) is 6. The van der Waals surface area contributed by atoms with E-state index in [1.54, 1.807) is 31.1 Å². The minimum atomic E-state index is -0.488. The normalized spacial score (nSPS) is 10.6. The molecule has 0 atom stereocenters. The highest BCUT2D eigenvalue weighted by molar-refractivity contribution is 5.88. The third-order valence-electron chi connectivity index (χ3n) is 2.96. The smallest absolute Gasteiger partial charge is 0.360 e. The summed E-state index contributed by atoms with van der Waals surface area (Å²) < 4.78 is 11.5. The lowest BCUT2D eigenvalue weighted by molar-refractivity contribution is 0.0380. The Morgan fingerprint density at radius 1 is 1.29 bits per heavy atom. The van der Waals surface area contributed by atoms with Crippen molar-refractivity contribution in [3.05, 3.63) is 41.0 Å². The fraction of sp³-hybridized carbons (Fsp3) is 0.429. The fourth-order valence-electron chi connectivity index (χ4n) is 1.86. The van der Waals surface area contributed by atoms with E-state index in [4.69, 9.17) is 9.47 Å². The first-order chi connectivity index (χ1) is 10.1. The monoisotopic (exact) mass is 290 g/mol. The fourth-order valence-corrected chi connectivity index (χ4v) is 1.86. The van der Waals surface area contributed by atoms with E-state index >= 15 is 0 Å². The average Bonchev–Trinajstić information content (AvgIpc) is 2.80. The summed E-state index contributed by atoms with van der Waals surface area (Å²) in [4.78, 5) is 16.0.